The van der Waals surface area contributed by atoms with Crippen molar-refractivity contribution in [1.82, 2.24) is 0 Å². The SMILES string of the molecule is CC1(C)C(=C(c2cccs2)c2cccs2)CC[C@@H]1CC(=O)O. The molecule has 22 heavy (non-hydrogen) atoms. The van der Waals surface area contributed by atoms with E-state index in [1.807, 2.05) is 0 Å². The molecule has 2 heterocycles. The van der Waals surface area contributed by atoms with E-state index in [0.29, 0.717) is 0 Å². The first-order valence-electron chi connectivity index (χ1n) is 7.53. The maximum Gasteiger partial charge on any atom is 0.303 e. The van der Waals surface area contributed by atoms with Gasteiger partial charge in [-0.05, 0) is 47.1 Å². The average molecular weight is 332 g/mol. The van der Waals surface area contributed by atoms with E-state index >= 15 is 0 Å². The Morgan fingerprint density at radius 1 is 1.23 bits per heavy atom. The number of carboxylic acid groups (broad SMARTS) is 1. The zero-order valence-corrected chi connectivity index (χ0v) is 14.5. The highest BCUT2D eigenvalue weighted by Gasteiger charge is 2.41. The maximum absolute atomic E-state index is 11.2. The largest absolute Gasteiger partial charge is 0.481 e. The van der Waals surface area contributed by atoms with Crippen LogP contribution in [0.25, 0.3) is 5.57 Å². The standard InChI is InChI=1S/C18H20O2S2/c1-18(2)12(11-16(19)20)7-8-13(18)17(14-5-3-9-21-14)15-6-4-10-22-15/h3-6,9-10,12H,7-8,11H2,1-2H3,(H,19,20)/t12-/m1/s1. The molecule has 1 saturated carbocycles. The minimum atomic E-state index is -0.687. The van der Waals surface area contributed by atoms with Crippen LogP contribution in [-0.4, -0.2) is 11.1 Å². The lowest BCUT2D eigenvalue weighted by Crippen LogP contribution is -2.22. The summed E-state index contributed by atoms with van der Waals surface area (Å²) < 4.78 is 0. The molecule has 0 amide bonds. The number of rotatable bonds is 4. The number of hydrogen-bond acceptors (Lipinski definition) is 3. The Labute approximate surface area is 139 Å². The minimum absolute atomic E-state index is 0.0678. The topological polar surface area (TPSA) is 37.3 Å². The van der Waals surface area contributed by atoms with E-state index in [1.165, 1.54) is 20.9 Å². The summed E-state index contributed by atoms with van der Waals surface area (Å²) in [6, 6.07) is 8.52. The van der Waals surface area contributed by atoms with Crippen molar-refractivity contribution in [2.24, 2.45) is 11.3 Å². The number of allylic oxidation sites excluding steroid dienone is 1. The van der Waals surface area contributed by atoms with Gasteiger partial charge in [0.2, 0.25) is 0 Å². The molecule has 2 nitrogen and oxygen atoms in total. The van der Waals surface area contributed by atoms with Crippen LogP contribution < -0.4 is 0 Å². The maximum atomic E-state index is 11.2. The normalized spacial score (nSPS) is 20.3. The quantitative estimate of drug-likeness (QED) is 0.800. The highest BCUT2D eigenvalue weighted by Crippen LogP contribution is 2.53. The monoisotopic (exact) mass is 332 g/mol. The van der Waals surface area contributed by atoms with Crippen molar-refractivity contribution < 1.29 is 9.90 Å². The van der Waals surface area contributed by atoms with Crippen LogP contribution in [0.3, 0.4) is 0 Å². The molecule has 0 bridgehead atoms. The second kappa shape index (κ2) is 6.01. The van der Waals surface area contributed by atoms with Crippen LogP contribution in [0, 0.1) is 11.3 Å². The van der Waals surface area contributed by atoms with Crippen molar-refractivity contribution in [3.63, 3.8) is 0 Å². The molecule has 0 aliphatic heterocycles. The average Bonchev–Trinajstić information content (AvgIpc) is 3.17. The summed E-state index contributed by atoms with van der Waals surface area (Å²) in [5.41, 5.74) is 2.69. The molecule has 116 valence electrons. The second-order valence-electron chi connectivity index (χ2n) is 6.36. The Bertz CT molecular complexity index is 643. The number of hydrogen-bond donors (Lipinski definition) is 1. The Balaban J connectivity index is 2.10. The number of carbonyl (C=O) groups is 1. The Hall–Kier alpha value is -1.39. The fourth-order valence-corrected chi connectivity index (χ4v) is 5.21. The summed E-state index contributed by atoms with van der Waals surface area (Å²) in [6.07, 6.45) is 2.23. The lowest BCUT2D eigenvalue weighted by molar-refractivity contribution is -0.138. The predicted molar refractivity (Wildman–Crippen MR) is 93.4 cm³/mol. The van der Waals surface area contributed by atoms with Gasteiger partial charge in [-0.2, -0.15) is 0 Å². The van der Waals surface area contributed by atoms with Gasteiger partial charge in [0.1, 0.15) is 0 Å². The number of carboxylic acids is 1. The van der Waals surface area contributed by atoms with Gasteiger partial charge in [0.05, 0.1) is 0 Å². The number of aliphatic carboxylic acids is 1. The van der Waals surface area contributed by atoms with E-state index in [1.54, 1.807) is 22.7 Å². The van der Waals surface area contributed by atoms with Gasteiger partial charge in [0.15, 0.2) is 0 Å². The van der Waals surface area contributed by atoms with Crippen molar-refractivity contribution in [3.8, 4) is 0 Å². The minimum Gasteiger partial charge on any atom is -0.481 e. The molecule has 0 aromatic carbocycles. The summed E-state index contributed by atoms with van der Waals surface area (Å²) in [5.74, 6) is -0.469. The van der Waals surface area contributed by atoms with Crippen LogP contribution in [-0.2, 0) is 4.79 Å². The Kier molecular flexibility index (Phi) is 4.24. The molecule has 3 rings (SSSR count). The Morgan fingerprint density at radius 2 is 1.82 bits per heavy atom. The van der Waals surface area contributed by atoms with Gasteiger partial charge in [-0.3, -0.25) is 4.79 Å². The van der Waals surface area contributed by atoms with Gasteiger partial charge < -0.3 is 5.11 Å². The first-order chi connectivity index (χ1) is 10.5. The zero-order chi connectivity index (χ0) is 15.7. The van der Waals surface area contributed by atoms with Crippen molar-refractivity contribution in [1.29, 1.82) is 0 Å². The fraction of sp³-hybridized carbons (Fsp3) is 0.389. The summed E-state index contributed by atoms with van der Waals surface area (Å²) in [4.78, 5) is 13.8. The lowest BCUT2D eigenvalue weighted by Gasteiger charge is -2.29. The van der Waals surface area contributed by atoms with E-state index in [-0.39, 0.29) is 17.8 Å². The van der Waals surface area contributed by atoms with Crippen molar-refractivity contribution >= 4 is 34.2 Å². The molecule has 0 radical (unpaired) electrons. The molecule has 4 heteroatoms. The van der Waals surface area contributed by atoms with Crippen LogP contribution in [0.1, 0.15) is 42.9 Å². The first kappa shape index (κ1) is 15.5. The van der Waals surface area contributed by atoms with E-state index in [2.05, 4.69) is 48.9 Å². The summed E-state index contributed by atoms with van der Waals surface area (Å²) >= 11 is 3.53. The zero-order valence-electron chi connectivity index (χ0n) is 12.8. The van der Waals surface area contributed by atoms with Crippen molar-refractivity contribution in [2.45, 2.75) is 33.1 Å². The third kappa shape index (κ3) is 2.77. The van der Waals surface area contributed by atoms with Gasteiger partial charge >= 0.3 is 5.97 Å². The van der Waals surface area contributed by atoms with Gasteiger partial charge in [-0.15, -0.1) is 22.7 Å². The summed E-state index contributed by atoms with van der Waals surface area (Å²) in [7, 11) is 0. The second-order valence-corrected chi connectivity index (χ2v) is 8.26. The molecule has 1 aliphatic carbocycles. The van der Waals surface area contributed by atoms with Crippen LogP contribution in [0.15, 0.2) is 40.6 Å². The highest BCUT2D eigenvalue weighted by molar-refractivity contribution is 7.13. The molecule has 2 aromatic heterocycles. The fourth-order valence-electron chi connectivity index (χ4n) is 3.52. The van der Waals surface area contributed by atoms with Crippen LogP contribution >= 0.6 is 22.7 Å². The summed E-state index contributed by atoms with van der Waals surface area (Å²) in [5, 5.41) is 13.4. The third-order valence-electron chi connectivity index (χ3n) is 4.80. The molecule has 2 aromatic rings. The highest BCUT2D eigenvalue weighted by atomic mass is 32.1. The molecular formula is C18H20O2S2. The van der Waals surface area contributed by atoms with E-state index in [4.69, 9.17) is 0 Å². The van der Waals surface area contributed by atoms with Crippen LogP contribution in [0.4, 0.5) is 0 Å². The molecule has 0 spiro atoms. The third-order valence-corrected chi connectivity index (χ3v) is 6.57. The molecular weight excluding hydrogens is 312 g/mol. The smallest absolute Gasteiger partial charge is 0.303 e. The molecule has 1 atom stereocenters. The summed E-state index contributed by atoms with van der Waals surface area (Å²) in [6.45, 7) is 4.42. The number of thiophene rings is 2. The molecule has 1 N–H and O–H groups in total. The lowest BCUT2D eigenvalue weighted by atomic mass is 9.75. The molecule has 0 unspecified atom stereocenters. The van der Waals surface area contributed by atoms with Crippen molar-refractivity contribution in [2.75, 3.05) is 0 Å². The molecule has 0 saturated heterocycles. The van der Waals surface area contributed by atoms with Gasteiger partial charge in [0.25, 0.3) is 0 Å². The predicted octanol–water partition coefficient (Wildman–Crippen LogP) is 5.52. The van der Waals surface area contributed by atoms with Gasteiger partial charge in [-0.1, -0.05) is 31.6 Å². The van der Waals surface area contributed by atoms with E-state index in [9.17, 15) is 9.90 Å². The van der Waals surface area contributed by atoms with Gasteiger partial charge in [-0.25, -0.2) is 0 Å². The molecule has 1 fully saturated rings. The Morgan fingerprint density at radius 3 is 2.27 bits per heavy atom. The van der Waals surface area contributed by atoms with Gasteiger partial charge in [0, 0.05) is 21.7 Å². The van der Waals surface area contributed by atoms with Crippen molar-refractivity contribution in [3.05, 3.63) is 50.4 Å². The van der Waals surface area contributed by atoms with Crippen LogP contribution in [0.5, 0.6) is 0 Å². The van der Waals surface area contributed by atoms with E-state index < -0.39 is 5.97 Å². The van der Waals surface area contributed by atoms with Crippen LogP contribution in [0.2, 0.25) is 0 Å². The first-order valence-corrected chi connectivity index (χ1v) is 9.29. The van der Waals surface area contributed by atoms with E-state index in [0.717, 1.165) is 12.8 Å². The molecule has 1 aliphatic rings.